The molecule has 0 saturated carbocycles. The fraction of sp³-hybridized carbons (Fsp3) is 0.182. The van der Waals surface area contributed by atoms with Crippen LogP contribution >= 0.6 is 59.4 Å². The predicted molar refractivity (Wildman–Crippen MR) is 92.0 cm³/mol. The highest BCUT2D eigenvalue weighted by Gasteiger charge is 2.15. The van der Waals surface area contributed by atoms with Crippen molar-refractivity contribution in [1.82, 2.24) is 14.5 Å². The van der Waals surface area contributed by atoms with Gasteiger partial charge in [-0.2, -0.15) is 5.10 Å². The normalized spacial score (nSPS) is 11.8. The Balaban J connectivity index is 2.02. The van der Waals surface area contributed by atoms with E-state index in [0.29, 0.717) is 16.2 Å². The molecule has 0 aliphatic carbocycles. The summed E-state index contributed by atoms with van der Waals surface area (Å²) >= 11 is 15.7. The lowest BCUT2D eigenvalue weighted by Crippen LogP contribution is -2.27. The van der Waals surface area contributed by atoms with Gasteiger partial charge < -0.3 is 0 Å². The Kier molecular flexibility index (Phi) is 5.89. The second-order valence-corrected chi connectivity index (χ2v) is 8.47. The van der Waals surface area contributed by atoms with Crippen molar-refractivity contribution in [3.63, 3.8) is 0 Å². The summed E-state index contributed by atoms with van der Waals surface area (Å²) in [6, 6.07) is 5.99. The largest absolute Gasteiger partial charge is 0.255 e. The molecule has 0 atom stereocenters. The molecule has 1 N–H and O–H groups in total. The quantitative estimate of drug-likeness (QED) is 0.650. The van der Waals surface area contributed by atoms with E-state index in [4.69, 9.17) is 11.6 Å². The second kappa shape index (κ2) is 7.10. The first-order valence-electron chi connectivity index (χ1n) is 5.64. The molecular weight excluding hydrogens is 513 g/mol. The summed E-state index contributed by atoms with van der Waals surface area (Å²) in [6.07, 6.45) is 0. The number of benzene rings is 1. The molecule has 2 rings (SSSR count). The van der Waals surface area contributed by atoms with Crippen LogP contribution in [-0.2, 0) is 16.6 Å². The smallest absolute Gasteiger partial charge is 0.240 e. The Morgan fingerprint density at radius 3 is 2.33 bits per heavy atom. The van der Waals surface area contributed by atoms with Crippen molar-refractivity contribution >= 4 is 69.4 Å². The summed E-state index contributed by atoms with van der Waals surface area (Å²) in [4.78, 5) is 0.175. The van der Waals surface area contributed by atoms with Crippen LogP contribution in [0.25, 0.3) is 0 Å². The maximum atomic E-state index is 12.1. The lowest BCUT2D eigenvalue weighted by atomic mass is 10.4. The molecule has 1 aromatic heterocycles. The summed E-state index contributed by atoms with van der Waals surface area (Å²) in [5.41, 5.74) is 0. The summed E-state index contributed by atoms with van der Waals surface area (Å²) < 4.78 is 30.5. The molecule has 2 aromatic rings. The van der Waals surface area contributed by atoms with Crippen molar-refractivity contribution in [1.29, 1.82) is 0 Å². The number of sulfonamides is 1. The van der Waals surface area contributed by atoms with E-state index in [2.05, 4.69) is 57.6 Å². The molecule has 0 aliphatic heterocycles. The van der Waals surface area contributed by atoms with E-state index in [9.17, 15) is 8.42 Å². The van der Waals surface area contributed by atoms with Crippen LogP contribution in [0, 0.1) is 0 Å². The number of hydrogen-bond donors (Lipinski definition) is 1. The van der Waals surface area contributed by atoms with Crippen molar-refractivity contribution in [3.8, 4) is 0 Å². The van der Waals surface area contributed by atoms with Crippen molar-refractivity contribution in [2.45, 2.75) is 11.4 Å². The highest BCUT2D eigenvalue weighted by molar-refractivity contribution is 9.14. The van der Waals surface area contributed by atoms with Crippen LogP contribution in [0.4, 0.5) is 0 Å². The molecule has 1 aromatic carbocycles. The van der Waals surface area contributed by atoms with Gasteiger partial charge >= 0.3 is 0 Å². The molecule has 5 nitrogen and oxygen atoms in total. The SMILES string of the molecule is O=S(=O)(NCCn1nc(Br)c(Br)c1Br)c1ccc(Cl)cc1. The third-order valence-corrected chi connectivity index (χ3v) is 7.44. The molecular formula is C11H9Br3ClN3O2S. The average Bonchev–Trinajstić information content (AvgIpc) is 2.67. The zero-order valence-electron chi connectivity index (χ0n) is 10.4. The molecule has 0 unspecified atom stereocenters. The van der Waals surface area contributed by atoms with Crippen LogP contribution in [0.5, 0.6) is 0 Å². The van der Waals surface area contributed by atoms with E-state index < -0.39 is 10.0 Å². The van der Waals surface area contributed by atoms with Gasteiger partial charge in [0.05, 0.1) is 15.9 Å². The predicted octanol–water partition coefficient (Wildman–Crippen LogP) is 3.80. The van der Waals surface area contributed by atoms with E-state index in [1.807, 2.05) is 0 Å². The average molecular weight is 522 g/mol. The third kappa shape index (κ3) is 4.29. The first-order chi connectivity index (χ1) is 9.81. The molecule has 0 saturated heterocycles. The van der Waals surface area contributed by atoms with Crippen LogP contribution in [-0.4, -0.2) is 24.7 Å². The number of nitrogens with zero attached hydrogens (tertiary/aromatic N) is 2. The van der Waals surface area contributed by atoms with E-state index >= 15 is 0 Å². The summed E-state index contributed by atoms with van der Waals surface area (Å²) in [6.45, 7) is 0.599. The first-order valence-corrected chi connectivity index (χ1v) is 9.88. The number of aromatic nitrogens is 2. The van der Waals surface area contributed by atoms with Gasteiger partial charge in [-0.15, -0.1) is 0 Å². The van der Waals surface area contributed by atoms with Gasteiger partial charge in [0.15, 0.2) is 0 Å². The van der Waals surface area contributed by atoms with Crippen molar-refractivity contribution in [3.05, 3.63) is 43.0 Å². The van der Waals surface area contributed by atoms with Crippen molar-refractivity contribution < 1.29 is 8.42 Å². The maximum Gasteiger partial charge on any atom is 0.240 e. The molecule has 0 bridgehead atoms. The van der Waals surface area contributed by atoms with E-state index in [0.717, 1.165) is 9.08 Å². The molecule has 0 amide bonds. The fourth-order valence-electron chi connectivity index (χ4n) is 1.52. The number of hydrogen-bond acceptors (Lipinski definition) is 3. The van der Waals surface area contributed by atoms with Crippen molar-refractivity contribution in [2.24, 2.45) is 0 Å². The van der Waals surface area contributed by atoms with Crippen LogP contribution in [0.1, 0.15) is 0 Å². The second-order valence-electron chi connectivity index (χ2n) is 3.97. The van der Waals surface area contributed by atoms with E-state index in [1.54, 1.807) is 4.68 Å². The lowest BCUT2D eigenvalue weighted by Gasteiger charge is -2.07. The molecule has 114 valence electrons. The number of nitrogens with one attached hydrogen (secondary N) is 1. The van der Waals surface area contributed by atoms with E-state index in [1.165, 1.54) is 24.3 Å². The molecule has 0 aliphatic rings. The summed E-state index contributed by atoms with van der Waals surface area (Å²) in [5.74, 6) is 0. The maximum absolute atomic E-state index is 12.1. The monoisotopic (exact) mass is 519 g/mol. The third-order valence-electron chi connectivity index (χ3n) is 2.54. The Hall–Kier alpha value is 0.0700. The molecule has 21 heavy (non-hydrogen) atoms. The van der Waals surface area contributed by atoms with Gasteiger partial charge in [-0.3, -0.25) is 4.68 Å². The van der Waals surface area contributed by atoms with Gasteiger partial charge in [0, 0.05) is 11.6 Å². The molecule has 10 heteroatoms. The highest BCUT2D eigenvalue weighted by atomic mass is 79.9. The van der Waals surface area contributed by atoms with Crippen molar-refractivity contribution in [2.75, 3.05) is 6.54 Å². The zero-order valence-corrected chi connectivity index (χ0v) is 16.7. The Labute approximate surface area is 152 Å². The Morgan fingerprint density at radius 1 is 1.19 bits per heavy atom. The highest BCUT2D eigenvalue weighted by Crippen LogP contribution is 2.30. The molecule has 0 fully saturated rings. The molecule has 1 heterocycles. The Bertz CT molecular complexity index is 747. The first kappa shape index (κ1) is 17.4. The van der Waals surface area contributed by atoms with Gasteiger partial charge in [-0.05, 0) is 72.1 Å². The number of rotatable bonds is 5. The minimum Gasteiger partial charge on any atom is -0.255 e. The molecule has 0 radical (unpaired) electrons. The Morgan fingerprint density at radius 2 is 1.81 bits per heavy atom. The van der Waals surface area contributed by atoms with Gasteiger partial charge in [-0.1, -0.05) is 11.6 Å². The standard InChI is InChI=1S/C11H9Br3ClN3O2S/c12-9-10(13)17-18(11(9)14)6-5-16-21(19,20)8-3-1-7(15)2-4-8/h1-4,16H,5-6H2. The minimum atomic E-state index is -3.55. The van der Waals surface area contributed by atoms with Crippen LogP contribution < -0.4 is 4.72 Å². The van der Waals surface area contributed by atoms with E-state index in [-0.39, 0.29) is 11.4 Å². The minimum absolute atomic E-state index is 0.175. The van der Waals surface area contributed by atoms with Gasteiger partial charge in [0.2, 0.25) is 10.0 Å². The molecule has 0 spiro atoms. The van der Waals surface area contributed by atoms with Crippen LogP contribution in [0.2, 0.25) is 5.02 Å². The van der Waals surface area contributed by atoms with Gasteiger partial charge in [0.25, 0.3) is 0 Å². The zero-order chi connectivity index (χ0) is 15.6. The van der Waals surface area contributed by atoms with Crippen LogP contribution in [0.15, 0.2) is 42.8 Å². The van der Waals surface area contributed by atoms with Gasteiger partial charge in [0.1, 0.15) is 9.21 Å². The summed E-state index contributed by atoms with van der Waals surface area (Å²) in [7, 11) is -3.55. The van der Waals surface area contributed by atoms with Gasteiger partial charge in [-0.25, -0.2) is 13.1 Å². The lowest BCUT2D eigenvalue weighted by molar-refractivity contribution is 0.556. The number of halogens is 4. The van der Waals surface area contributed by atoms with Crippen LogP contribution in [0.3, 0.4) is 0 Å². The topological polar surface area (TPSA) is 64.0 Å². The summed E-state index contributed by atoms with van der Waals surface area (Å²) in [5, 5.41) is 4.69. The fourth-order valence-corrected chi connectivity index (χ4v) is 4.04.